The Morgan fingerprint density at radius 3 is 2.53 bits per heavy atom. The lowest BCUT2D eigenvalue weighted by molar-refractivity contribution is 0.598. The van der Waals surface area contributed by atoms with E-state index >= 15 is 0 Å². The van der Waals surface area contributed by atoms with Gasteiger partial charge in [-0.05, 0) is 45.0 Å². The Morgan fingerprint density at radius 2 is 2.05 bits per heavy atom. The smallest absolute Gasteiger partial charge is 0.0643 e. The first-order chi connectivity index (χ1) is 9.01. The highest BCUT2D eigenvalue weighted by molar-refractivity contribution is 6.33. The lowest BCUT2D eigenvalue weighted by Gasteiger charge is -2.29. The zero-order chi connectivity index (χ0) is 14.4. The van der Waals surface area contributed by atoms with Gasteiger partial charge in [0, 0.05) is 18.6 Å². The van der Waals surface area contributed by atoms with Crippen LogP contribution in [0.25, 0.3) is 0 Å². The molecular formula is C16H25ClN2. The molecular weight excluding hydrogens is 256 g/mol. The summed E-state index contributed by atoms with van der Waals surface area (Å²) in [6.45, 7) is 14.2. The predicted molar refractivity (Wildman–Crippen MR) is 86.2 cm³/mol. The van der Waals surface area contributed by atoms with Crippen molar-refractivity contribution >= 4 is 17.3 Å². The SMILES string of the molecule is C=CCN(c1ccc(C(C)NCC)cc1Cl)C(C)C. The van der Waals surface area contributed by atoms with E-state index < -0.39 is 0 Å². The summed E-state index contributed by atoms with van der Waals surface area (Å²) in [5, 5.41) is 4.20. The monoisotopic (exact) mass is 280 g/mol. The summed E-state index contributed by atoms with van der Waals surface area (Å²) in [5.74, 6) is 0. The van der Waals surface area contributed by atoms with E-state index in [0.717, 1.165) is 23.8 Å². The Morgan fingerprint density at radius 1 is 1.37 bits per heavy atom. The van der Waals surface area contributed by atoms with E-state index in [-0.39, 0.29) is 0 Å². The fourth-order valence-electron chi connectivity index (χ4n) is 2.18. The first-order valence-electron chi connectivity index (χ1n) is 6.91. The van der Waals surface area contributed by atoms with E-state index in [9.17, 15) is 0 Å². The minimum absolute atomic E-state index is 0.323. The Balaban J connectivity index is 3.01. The third-order valence-electron chi connectivity index (χ3n) is 3.24. The van der Waals surface area contributed by atoms with Gasteiger partial charge < -0.3 is 10.2 Å². The van der Waals surface area contributed by atoms with Crippen LogP contribution < -0.4 is 10.2 Å². The van der Waals surface area contributed by atoms with Gasteiger partial charge in [-0.25, -0.2) is 0 Å². The number of nitrogens with one attached hydrogen (secondary N) is 1. The van der Waals surface area contributed by atoms with Gasteiger partial charge in [-0.3, -0.25) is 0 Å². The maximum Gasteiger partial charge on any atom is 0.0643 e. The first-order valence-corrected chi connectivity index (χ1v) is 7.29. The van der Waals surface area contributed by atoms with Crippen molar-refractivity contribution in [2.24, 2.45) is 0 Å². The largest absolute Gasteiger partial charge is 0.364 e. The number of benzene rings is 1. The van der Waals surface area contributed by atoms with Gasteiger partial charge in [0.05, 0.1) is 10.7 Å². The van der Waals surface area contributed by atoms with Crippen molar-refractivity contribution in [2.45, 2.75) is 39.8 Å². The molecule has 0 amide bonds. The van der Waals surface area contributed by atoms with Crippen molar-refractivity contribution in [2.75, 3.05) is 18.0 Å². The van der Waals surface area contributed by atoms with Gasteiger partial charge in [-0.1, -0.05) is 30.7 Å². The van der Waals surface area contributed by atoms with Gasteiger partial charge in [0.25, 0.3) is 0 Å². The molecule has 0 aromatic heterocycles. The summed E-state index contributed by atoms with van der Waals surface area (Å²) in [6, 6.07) is 7.03. The van der Waals surface area contributed by atoms with Gasteiger partial charge in [-0.2, -0.15) is 0 Å². The molecule has 0 aliphatic heterocycles. The number of rotatable bonds is 7. The van der Waals surface area contributed by atoms with Gasteiger partial charge in [0.2, 0.25) is 0 Å². The highest BCUT2D eigenvalue weighted by atomic mass is 35.5. The van der Waals surface area contributed by atoms with Crippen LogP contribution in [0, 0.1) is 0 Å². The number of hydrogen-bond donors (Lipinski definition) is 1. The molecule has 0 radical (unpaired) electrons. The standard InChI is InChI=1S/C16H25ClN2/c1-6-10-19(12(3)4)16-9-8-14(11-15(16)17)13(5)18-7-2/h6,8-9,11-13,18H,1,7,10H2,2-5H3. The average molecular weight is 281 g/mol. The second-order valence-electron chi connectivity index (χ2n) is 5.02. The molecule has 0 aliphatic carbocycles. The fourth-order valence-corrected chi connectivity index (χ4v) is 2.47. The van der Waals surface area contributed by atoms with E-state index in [1.54, 1.807) is 0 Å². The van der Waals surface area contributed by atoms with Crippen LogP contribution in [0.4, 0.5) is 5.69 Å². The average Bonchev–Trinajstić information content (AvgIpc) is 2.36. The molecule has 1 rings (SSSR count). The van der Waals surface area contributed by atoms with Gasteiger partial charge in [0.1, 0.15) is 0 Å². The summed E-state index contributed by atoms with van der Waals surface area (Å²) >= 11 is 6.44. The molecule has 0 heterocycles. The molecule has 19 heavy (non-hydrogen) atoms. The fraction of sp³-hybridized carbons (Fsp3) is 0.500. The van der Waals surface area contributed by atoms with Crippen LogP contribution in [-0.2, 0) is 0 Å². The lowest BCUT2D eigenvalue weighted by Crippen LogP contribution is -2.31. The quantitative estimate of drug-likeness (QED) is 0.744. The van der Waals surface area contributed by atoms with E-state index in [2.05, 4.69) is 62.7 Å². The third kappa shape index (κ3) is 4.26. The van der Waals surface area contributed by atoms with Crippen molar-refractivity contribution < 1.29 is 0 Å². The van der Waals surface area contributed by atoms with Gasteiger partial charge >= 0.3 is 0 Å². The minimum Gasteiger partial charge on any atom is -0.364 e. The highest BCUT2D eigenvalue weighted by Crippen LogP contribution is 2.30. The molecule has 2 nitrogen and oxygen atoms in total. The van der Waals surface area contributed by atoms with Crippen molar-refractivity contribution in [1.29, 1.82) is 0 Å². The zero-order valence-electron chi connectivity index (χ0n) is 12.4. The molecule has 0 saturated carbocycles. The molecule has 0 fully saturated rings. The topological polar surface area (TPSA) is 15.3 Å². The van der Waals surface area contributed by atoms with Crippen molar-refractivity contribution in [1.82, 2.24) is 5.32 Å². The molecule has 1 aromatic carbocycles. The minimum atomic E-state index is 0.323. The van der Waals surface area contributed by atoms with Crippen LogP contribution in [0.2, 0.25) is 5.02 Å². The van der Waals surface area contributed by atoms with Crippen LogP contribution >= 0.6 is 11.6 Å². The van der Waals surface area contributed by atoms with Crippen LogP contribution in [0.5, 0.6) is 0 Å². The second kappa shape index (κ2) is 7.56. The number of hydrogen-bond acceptors (Lipinski definition) is 2. The Kier molecular flexibility index (Phi) is 6.40. The normalized spacial score (nSPS) is 12.5. The Labute approximate surface area is 122 Å². The maximum atomic E-state index is 6.44. The van der Waals surface area contributed by atoms with Crippen LogP contribution in [0.3, 0.4) is 0 Å². The number of halogens is 1. The van der Waals surface area contributed by atoms with Crippen LogP contribution in [-0.4, -0.2) is 19.1 Å². The van der Waals surface area contributed by atoms with E-state index in [1.165, 1.54) is 5.56 Å². The Bertz CT molecular complexity index is 415. The van der Waals surface area contributed by atoms with E-state index in [1.807, 2.05) is 6.08 Å². The third-order valence-corrected chi connectivity index (χ3v) is 3.54. The molecule has 1 unspecified atom stereocenters. The van der Waals surface area contributed by atoms with Crippen molar-refractivity contribution in [3.05, 3.63) is 41.4 Å². The molecule has 1 atom stereocenters. The molecule has 3 heteroatoms. The number of anilines is 1. The molecule has 106 valence electrons. The summed E-state index contributed by atoms with van der Waals surface area (Å²) < 4.78 is 0. The van der Waals surface area contributed by atoms with Crippen molar-refractivity contribution in [3.8, 4) is 0 Å². The lowest BCUT2D eigenvalue weighted by atomic mass is 10.1. The maximum absolute atomic E-state index is 6.44. The van der Waals surface area contributed by atoms with Gasteiger partial charge in [0.15, 0.2) is 0 Å². The predicted octanol–water partition coefficient (Wildman–Crippen LogP) is 4.41. The molecule has 1 aromatic rings. The molecule has 0 bridgehead atoms. The number of nitrogens with zero attached hydrogens (tertiary/aromatic N) is 1. The van der Waals surface area contributed by atoms with E-state index in [0.29, 0.717) is 12.1 Å². The van der Waals surface area contributed by atoms with Crippen LogP contribution in [0.15, 0.2) is 30.9 Å². The molecule has 0 aliphatic rings. The summed E-state index contributed by atoms with van der Waals surface area (Å²) in [7, 11) is 0. The second-order valence-corrected chi connectivity index (χ2v) is 5.43. The zero-order valence-corrected chi connectivity index (χ0v) is 13.2. The summed E-state index contributed by atoms with van der Waals surface area (Å²) in [6.07, 6.45) is 1.91. The van der Waals surface area contributed by atoms with E-state index in [4.69, 9.17) is 11.6 Å². The summed E-state index contributed by atoms with van der Waals surface area (Å²) in [5.41, 5.74) is 2.29. The van der Waals surface area contributed by atoms with Gasteiger partial charge in [-0.15, -0.1) is 6.58 Å². The first kappa shape index (κ1) is 16.1. The Hall–Kier alpha value is -0.990. The molecule has 0 saturated heterocycles. The van der Waals surface area contributed by atoms with Crippen molar-refractivity contribution in [3.63, 3.8) is 0 Å². The summed E-state index contributed by atoms with van der Waals surface area (Å²) in [4.78, 5) is 2.25. The van der Waals surface area contributed by atoms with Crippen LogP contribution in [0.1, 0.15) is 39.3 Å². The highest BCUT2D eigenvalue weighted by Gasteiger charge is 2.14. The molecule has 1 N–H and O–H groups in total. The molecule has 0 spiro atoms.